The predicted molar refractivity (Wildman–Crippen MR) is 99.6 cm³/mol. The van der Waals surface area contributed by atoms with Crippen molar-refractivity contribution in [2.75, 3.05) is 42.5 Å². The molecule has 1 aliphatic heterocycles. The van der Waals surface area contributed by atoms with E-state index < -0.39 is 5.82 Å². The van der Waals surface area contributed by atoms with Gasteiger partial charge in [0.25, 0.3) is 0 Å². The summed E-state index contributed by atoms with van der Waals surface area (Å²) in [5.41, 5.74) is 1.00. The Morgan fingerprint density at radius 2 is 1.59 bits per heavy atom. The summed E-state index contributed by atoms with van der Waals surface area (Å²) in [7, 11) is 0. The van der Waals surface area contributed by atoms with E-state index in [9.17, 15) is 18.4 Å². The molecule has 0 aromatic heterocycles. The monoisotopic (exact) mass is 373 g/mol. The minimum atomic E-state index is -0.405. The second kappa shape index (κ2) is 8.16. The van der Waals surface area contributed by atoms with Crippen LogP contribution in [0.4, 0.5) is 20.2 Å². The van der Waals surface area contributed by atoms with Crippen LogP contribution in [0.2, 0.25) is 0 Å². The van der Waals surface area contributed by atoms with Gasteiger partial charge in [0.05, 0.1) is 5.69 Å². The van der Waals surface area contributed by atoms with Gasteiger partial charge in [-0.05, 0) is 36.4 Å². The van der Waals surface area contributed by atoms with Crippen molar-refractivity contribution in [3.63, 3.8) is 0 Å². The highest BCUT2D eigenvalue weighted by atomic mass is 19.1. The Hall–Kier alpha value is -2.96. The van der Waals surface area contributed by atoms with E-state index in [4.69, 9.17) is 0 Å². The first-order valence-corrected chi connectivity index (χ1v) is 8.76. The first-order valence-electron chi connectivity index (χ1n) is 8.76. The van der Waals surface area contributed by atoms with Gasteiger partial charge in [0.2, 0.25) is 11.8 Å². The van der Waals surface area contributed by atoms with Crippen LogP contribution in [0.3, 0.4) is 0 Å². The predicted octanol–water partition coefficient (Wildman–Crippen LogP) is 2.67. The molecule has 1 saturated heterocycles. The van der Waals surface area contributed by atoms with Crippen molar-refractivity contribution in [2.45, 2.75) is 6.92 Å². The molecular formula is C20H21F2N3O2. The summed E-state index contributed by atoms with van der Waals surface area (Å²) in [6.45, 7) is 3.19. The molecule has 2 aromatic rings. The molecule has 0 N–H and O–H groups in total. The van der Waals surface area contributed by atoms with Gasteiger partial charge >= 0.3 is 0 Å². The quantitative estimate of drug-likeness (QED) is 0.828. The van der Waals surface area contributed by atoms with Crippen molar-refractivity contribution in [3.05, 3.63) is 60.2 Å². The van der Waals surface area contributed by atoms with Crippen molar-refractivity contribution < 1.29 is 18.4 Å². The van der Waals surface area contributed by atoms with Gasteiger partial charge in [-0.15, -0.1) is 0 Å². The van der Waals surface area contributed by atoms with E-state index in [-0.39, 0.29) is 24.2 Å². The lowest BCUT2D eigenvalue weighted by Crippen LogP contribution is -2.52. The SMILES string of the molecule is CC(=O)N(CC(=O)N1CCN(c2ccccc2F)CC1)c1ccc(F)cc1. The molecule has 0 bridgehead atoms. The molecule has 0 spiro atoms. The Balaban J connectivity index is 1.62. The number of hydrogen-bond donors (Lipinski definition) is 0. The summed E-state index contributed by atoms with van der Waals surface area (Å²) < 4.78 is 27.0. The summed E-state index contributed by atoms with van der Waals surface area (Å²) in [5.74, 6) is -1.17. The van der Waals surface area contributed by atoms with Crippen molar-refractivity contribution in [2.24, 2.45) is 0 Å². The Labute approximate surface area is 156 Å². The van der Waals surface area contributed by atoms with Gasteiger partial charge in [0, 0.05) is 38.8 Å². The molecule has 0 radical (unpaired) electrons. The minimum absolute atomic E-state index is 0.110. The minimum Gasteiger partial charge on any atom is -0.366 e. The molecule has 1 fully saturated rings. The summed E-state index contributed by atoms with van der Waals surface area (Å²) in [6, 6.07) is 12.0. The number of rotatable bonds is 4. The zero-order valence-electron chi connectivity index (χ0n) is 15.1. The van der Waals surface area contributed by atoms with Gasteiger partial charge in [-0.3, -0.25) is 9.59 Å². The summed E-state index contributed by atoms with van der Waals surface area (Å²) in [4.78, 5) is 29.5. The van der Waals surface area contributed by atoms with Gasteiger partial charge in [-0.25, -0.2) is 8.78 Å². The second-order valence-corrected chi connectivity index (χ2v) is 6.40. The van der Waals surface area contributed by atoms with Crippen LogP contribution in [0.15, 0.2) is 48.5 Å². The van der Waals surface area contributed by atoms with Crippen LogP contribution in [0.25, 0.3) is 0 Å². The van der Waals surface area contributed by atoms with E-state index >= 15 is 0 Å². The fraction of sp³-hybridized carbons (Fsp3) is 0.300. The highest BCUT2D eigenvalue weighted by Gasteiger charge is 2.25. The molecule has 3 rings (SSSR count). The third-order valence-electron chi connectivity index (χ3n) is 4.64. The molecule has 2 amide bonds. The van der Waals surface area contributed by atoms with Gasteiger partial charge < -0.3 is 14.7 Å². The van der Waals surface area contributed by atoms with Gasteiger partial charge in [0.15, 0.2) is 0 Å². The first kappa shape index (κ1) is 18.8. The van der Waals surface area contributed by atoms with Crippen molar-refractivity contribution in [1.82, 2.24) is 4.90 Å². The highest BCUT2D eigenvalue weighted by molar-refractivity contribution is 5.97. The van der Waals surface area contributed by atoms with Crippen LogP contribution >= 0.6 is 0 Å². The number of amides is 2. The van der Waals surface area contributed by atoms with Crippen LogP contribution in [-0.2, 0) is 9.59 Å². The average molecular weight is 373 g/mol. The maximum Gasteiger partial charge on any atom is 0.242 e. The van der Waals surface area contributed by atoms with Crippen LogP contribution in [0.1, 0.15) is 6.92 Å². The number of benzene rings is 2. The van der Waals surface area contributed by atoms with Crippen molar-refractivity contribution in [3.8, 4) is 0 Å². The third kappa shape index (κ3) is 4.42. The van der Waals surface area contributed by atoms with Crippen molar-refractivity contribution in [1.29, 1.82) is 0 Å². The number of nitrogens with zero attached hydrogens (tertiary/aromatic N) is 3. The van der Waals surface area contributed by atoms with Crippen LogP contribution in [-0.4, -0.2) is 49.4 Å². The Morgan fingerprint density at radius 3 is 2.19 bits per heavy atom. The van der Waals surface area contributed by atoms with Crippen molar-refractivity contribution >= 4 is 23.2 Å². The van der Waals surface area contributed by atoms with Gasteiger partial charge in [-0.1, -0.05) is 12.1 Å². The van der Waals surface area contributed by atoms with E-state index in [1.807, 2.05) is 4.90 Å². The number of para-hydroxylation sites is 1. The molecule has 7 heteroatoms. The molecule has 0 saturated carbocycles. The maximum atomic E-state index is 13.9. The van der Waals surface area contributed by atoms with Gasteiger partial charge in [-0.2, -0.15) is 0 Å². The van der Waals surface area contributed by atoms with E-state index in [0.29, 0.717) is 37.6 Å². The topological polar surface area (TPSA) is 43.9 Å². The first-order chi connectivity index (χ1) is 13.0. The maximum absolute atomic E-state index is 13.9. The molecular weight excluding hydrogens is 352 g/mol. The molecule has 5 nitrogen and oxygen atoms in total. The zero-order chi connectivity index (χ0) is 19.4. The fourth-order valence-corrected chi connectivity index (χ4v) is 3.15. The number of carbonyl (C=O) groups is 2. The molecule has 2 aromatic carbocycles. The Kier molecular flexibility index (Phi) is 5.69. The summed E-state index contributed by atoms with van der Waals surface area (Å²) in [5, 5.41) is 0. The normalized spacial score (nSPS) is 14.2. The molecule has 1 aliphatic rings. The number of piperazine rings is 1. The van der Waals surface area contributed by atoms with Crippen LogP contribution < -0.4 is 9.80 Å². The highest BCUT2D eigenvalue weighted by Crippen LogP contribution is 2.21. The Morgan fingerprint density at radius 1 is 0.963 bits per heavy atom. The Bertz CT molecular complexity index is 818. The van der Waals surface area contributed by atoms with Crippen LogP contribution in [0, 0.1) is 11.6 Å². The smallest absolute Gasteiger partial charge is 0.242 e. The number of halogens is 2. The molecule has 27 heavy (non-hydrogen) atoms. The fourth-order valence-electron chi connectivity index (χ4n) is 3.15. The molecule has 142 valence electrons. The number of carbonyl (C=O) groups excluding carboxylic acids is 2. The molecule has 1 heterocycles. The van der Waals surface area contributed by atoms with E-state index in [0.717, 1.165) is 0 Å². The number of hydrogen-bond acceptors (Lipinski definition) is 3. The summed E-state index contributed by atoms with van der Waals surface area (Å²) >= 11 is 0. The zero-order valence-corrected chi connectivity index (χ0v) is 15.1. The lowest BCUT2D eigenvalue weighted by atomic mass is 10.2. The summed E-state index contributed by atoms with van der Waals surface area (Å²) in [6.07, 6.45) is 0. The molecule has 0 aliphatic carbocycles. The van der Waals surface area contributed by atoms with Crippen LogP contribution in [0.5, 0.6) is 0 Å². The number of anilines is 2. The lowest BCUT2D eigenvalue weighted by Gasteiger charge is -2.37. The van der Waals surface area contributed by atoms with Gasteiger partial charge in [0.1, 0.15) is 18.2 Å². The van der Waals surface area contributed by atoms with E-state index in [2.05, 4.69) is 0 Å². The van der Waals surface area contributed by atoms with E-state index in [1.165, 1.54) is 42.2 Å². The molecule has 0 unspecified atom stereocenters. The largest absolute Gasteiger partial charge is 0.366 e. The third-order valence-corrected chi connectivity index (χ3v) is 4.64. The average Bonchev–Trinajstić information content (AvgIpc) is 2.67. The lowest BCUT2D eigenvalue weighted by molar-refractivity contribution is -0.131. The standard InChI is InChI=1S/C20H21F2N3O2/c1-15(26)25(17-8-6-16(21)7-9-17)14-20(27)24-12-10-23(11-13-24)19-5-3-2-4-18(19)22/h2-9H,10-14H2,1H3. The van der Waals surface area contributed by atoms with E-state index in [1.54, 1.807) is 23.1 Å². The molecule has 0 atom stereocenters. The second-order valence-electron chi connectivity index (χ2n) is 6.40.